The number of carbonyl (C=O) groups excluding carboxylic acids is 1. The van der Waals surface area contributed by atoms with Gasteiger partial charge in [0.1, 0.15) is 0 Å². The zero-order valence-corrected chi connectivity index (χ0v) is 16.2. The molecule has 0 saturated heterocycles. The van der Waals surface area contributed by atoms with E-state index in [2.05, 4.69) is 46.9 Å². The molecule has 1 aromatic heterocycles. The molecule has 2 aromatic rings. The molecule has 0 radical (unpaired) electrons. The lowest BCUT2D eigenvalue weighted by atomic mass is 10.1. The molecule has 1 amide bonds. The normalized spacial score (nSPS) is 11.5. The molecule has 9 heteroatoms. The summed E-state index contributed by atoms with van der Waals surface area (Å²) in [6, 6.07) is 7.23. The molecule has 1 heterocycles. The first kappa shape index (κ1) is 19.7. The molecule has 0 aliphatic rings. The molecule has 25 heavy (non-hydrogen) atoms. The van der Waals surface area contributed by atoms with Gasteiger partial charge in [-0.3, -0.25) is 4.79 Å². The van der Waals surface area contributed by atoms with E-state index in [-0.39, 0.29) is 17.2 Å². The van der Waals surface area contributed by atoms with Gasteiger partial charge in [0.25, 0.3) is 0 Å². The third-order valence-electron chi connectivity index (χ3n) is 3.16. The van der Waals surface area contributed by atoms with Gasteiger partial charge < -0.3 is 10.6 Å². The van der Waals surface area contributed by atoms with E-state index in [1.807, 2.05) is 12.1 Å². The SMILES string of the molecule is CC(C)(C)NCCCNC(=O)CSc1nnnn1-c1cccc(Cl)c1. The number of nitrogens with one attached hydrogen (secondary N) is 2. The number of halogens is 1. The van der Waals surface area contributed by atoms with Crippen LogP contribution < -0.4 is 10.6 Å². The van der Waals surface area contributed by atoms with E-state index in [1.165, 1.54) is 11.8 Å². The Morgan fingerprint density at radius 3 is 2.84 bits per heavy atom. The highest BCUT2D eigenvalue weighted by Gasteiger charge is 2.12. The Hall–Kier alpha value is -1.64. The van der Waals surface area contributed by atoms with Crippen molar-refractivity contribution in [2.24, 2.45) is 0 Å². The maximum atomic E-state index is 11.9. The number of aromatic nitrogens is 4. The summed E-state index contributed by atoms with van der Waals surface area (Å²) in [6.45, 7) is 7.86. The zero-order valence-electron chi connectivity index (χ0n) is 14.6. The Morgan fingerprint density at radius 1 is 1.32 bits per heavy atom. The van der Waals surface area contributed by atoms with E-state index in [1.54, 1.807) is 16.8 Å². The highest BCUT2D eigenvalue weighted by Crippen LogP contribution is 2.20. The summed E-state index contributed by atoms with van der Waals surface area (Å²) in [5.41, 5.74) is 0.853. The van der Waals surface area contributed by atoms with Crippen LogP contribution in [0, 0.1) is 0 Å². The van der Waals surface area contributed by atoms with Crippen molar-refractivity contribution >= 4 is 29.3 Å². The first-order valence-corrected chi connectivity index (χ1v) is 9.40. The predicted molar refractivity (Wildman–Crippen MR) is 100 cm³/mol. The Kier molecular flexibility index (Phi) is 7.22. The molecule has 0 unspecified atom stereocenters. The number of tetrazole rings is 1. The second-order valence-corrected chi connectivity index (χ2v) is 7.90. The summed E-state index contributed by atoms with van der Waals surface area (Å²) in [5, 5.41) is 19.0. The lowest BCUT2D eigenvalue weighted by Crippen LogP contribution is -2.38. The Balaban J connectivity index is 1.77. The number of benzene rings is 1. The summed E-state index contributed by atoms with van der Waals surface area (Å²) in [7, 11) is 0. The van der Waals surface area contributed by atoms with Crippen LogP contribution in [0.5, 0.6) is 0 Å². The number of amides is 1. The second kappa shape index (κ2) is 9.17. The fourth-order valence-corrected chi connectivity index (χ4v) is 2.90. The van der Waals surface area contributed by atoms with Crippen molar-refractivity contribution in [1.82, 2.24) is 30.8 Å². The molecule has 0 atom stereocenters. The maximum absolute atomic E-state index is 11.9. The number of hydrogen-bond donors (Lipinski definition) is 2. The van der Waals surface area contributed by atoms with E-state index in [4.69, 9.17) is 11.6 Å². The third kappa shape index (κ3) is 7.01. The summed E-state index contributed by atoms with van der Waals surface area (Å²) in [5.74, 6) is 0.217. The van der Waals surface area contributed by atoms with Gasteiger partial charge in [-0.05, 0) is 62.4 Å². The van der Waals surface area contributed by atoms with E-state index in [9.17, 15) is 4.79 Å². The molecule has 1 aromatic carbocycles. The zero-order chi connectivity index (χ0) is 18.3. The largest absolute Gasteiger partial charge is 0.355 e. The van der Waals surface area contributed by atoms with Crippen LogP contribution >= 0.6 is 23.4 Å². The van der Waals surface area contributed by atoms with E-state index < -0.39 is 0 Å². The molecule has 0 spiro atoms. The van der Waals surface area contributed by atoms with Crippen LogP contribution in [0.3, 0.4) is 0 Å². The molecule has 7 nitrogen and oxygen atoms in total. The first-order chi connectivity index (χ1) is 11.8. The van der Waals surface area contributed by atoms with Crippen LogP contribution in [0.25, 0.3) is 5.69 Å². The highest BCUT2D eigenvalue weighted by molar-refractivity contribution is 7.99. The Bertz CT molecular complexity index is 700. The number of hydrogen-bond acceptors (Lipinski definition) is 6. The average Bonchev–Trinajstić information content (AvgIpc) is 3.00. The number of thioether (sulfide) groups is 1. The van der Waals surface area contributed by atoms with Crippen molar-refractivity contribution in [3.05, 3.63) is 29.3 Å². The minimum atomic E-state index is -0.0404. The van der Waals surface area contributed by atoms with Crippen molar-refractivity contribution < 1.29 is 4.79 Å². The molecule has 0 aliphatic heterocycles. The summed E-state index contributed by atoms with van der Waals surface area (Å²) in [6.07, 6.45) is 0.883. The molecular weight excluding hydrogens is 360 g/mol. The Labute approximate surface area is 156 Å². The molecular formula is C16H23ClN6OS. The van der Waals surface area contributed by atoms with Crippen molar-refractivity contribution in [1.29, 1.82) is 0 Å². The van der Waals surface area contributed by atoms with Crippen LogP contribution in [-0.4, -0.2) is 50.5 Å². The molecule has 136 valence electrons. The van der Waals surface area contributed by atoms with Gasteiger partial charge in [0.2, 0.25) is 11.1 Å². The van der Waals surface area contributed by atoms with Crippen molar-refractivity contribution in [2.45, 2.75) is 37.9 Å². The average molecular weight is 383 g/mol. The van der Waals surface area contributed by atoms with Crippen molar-refractivity contribution in [3.8, 4) is 5.69 Å². The van der Waals surface area contributed by atoms with E-state index in [0.717, 1.165) is 18.7 Å². The van der Waals surface area contributed by atoms with Gasteiger partial charge in [0, 0.05) is 17.1 Å². The second-order valence-electron chi connectivity index (χ2n) is 6.52. The van der Waals surface area contributed by atoms with Crippen molar-refractivity contribution in [2.75, 3.05) is 18.8 Å². The summed E-state index contributed by atoms with van der Waals surface area (Å²) < 4.78 is 1.57. The monoisotopic (exact) mass is 382 g/mol. The molecule has 2 N–H and O–H groups in total. The quantitative estimate of drug-likeness (QED) is 0.538. The molecule has 0 fully saturated rings. The summed E-state index contributed by atoms with van der Waals surface area (Å²) in [4.78, 5) is 11.9. The minimum absolute atomic E-state index is 0.0404. The topological polar surface area (TPSA) is 84.7 Å². The summed E-state index contributed by atoms with van der Waals surface area (Å²) >= 11 is 7.28. The molecule has 0 saturated carbocycles. The molecule has 0 bridgehead atoms. The van der Waals surface area contributed by atoms with Crippen LogP contribution in [0.1, 0.15) is 27.2 Å². The van der Waals surface area contributed by atoms with E-state index in [0.29, 0.717) is 16.7 Å². The van der Waals surface area contributed by atoms with Crippen LogP contribution in [-0.2, 0) is 4.79 Å². The van der Waals surface area contributed by atoms with Gasteiger partial charge in [-0.25, -0.2) is 0 Å². The van der Waals surface area contributed by atoms with Gasteiger partial charge in [-0.1, -0.05) is 29.4 Å². The standard InChI is InChI=1S/C16H23ClN6OS/c1-16(2,3)19-9-5-8-18-14(24)11-25-15-20-21-22-23(15)13-7-4-6-12(17)10-13/h4,6-7,10,19H,5,8-9,11H2,1-3H3,(H,18,24). The van der Waals surface area contributed by atoms with Crippen molar-refractivity contribution in [3.63, 3.8) is 0 Å². The highest BCUT2D eigenvalue weighted by atomic mass is 35.5. The molecule has 2 rings (SSSR count). The number of rotatable bonds is 8. The van der Waals surface area contributed by atoms with Crippen LogP contribution in [0.2, 0.25) is 5.02 Å². The first-order valence-electron chi connectivity index (χ1n) is 8.04. The van der Waals surface area contributed by atoms with Gasteiger partial charge >= 0.3 is 0 Å². The van der Waals surface area contributed by atoms with Crippen LogP contribution in [0.15, 0.2) is 29.4 Å². The minimum Gasteiger partial charge on any atom is -0.355 e. The van der Waals surface area contributed by atoms with Gasteiger partial charge in [0.15, 0.2) is 0 Å². The maximum Gasteiger partial charge on any atom is 0.230 e. The lowest BCUT2D eigenvalue weighted by molar-refractivity contribution is -0.118. The third-order valence-corrected chi connectivity index (χ3v) is 4.31. The van der Waals surface area contributed by atoms with E-state index >= 15 is 0 Å². The fraction of sp³-hybridized carbons (Fsp3) is 0.500. The fourth-order valence-electron chi connectivity index (χ4n) is 2.00. The van der Waals surface area contributed by atoms with Gasteiger partial charge in [-0.15, -0.1) is 5.10 Å². The Morgan fingerprint density at radius 2 is 2.12 bits per heavy atom. The van der Waals surface area contributed by atoms with Gasteiger partial charge in [0.05, 0.1) is 11.4 Å². The van der Waals surface area contributed by atoms with Crippen LogP contribution in [0.4, 0.5) is 0 Å². The lowest BCUT2D eigenvalue weighted by Gasteiger charge is -2.20. The molecule has 0 aliphatic carbocycles. The van der Waals surface area contributed by atoms with Gasteiger partial charge in [-0.2, -0.15) is 4.68 Å². The number of nitrogens with zero attached hydrogens (tertiary/aromatic N) is 4. The predicted octanol–water partition coefficient (Wildman–Crippen LogP) is 2.30. The number of carbonyl (C=O) groups is 1. The smallest absolute Gasteiger partial charge is 0.230 e.